The molecule has 9 heteroatoms. The van der Waals surface area contributed by atoms with Crippen LogP contribution >= 0.6 is 0 Å². The number of para-hydroxylation sites is 1. The monoisotopic (exact) mass is 426 g/mol. The molecule has 2 aromatic rings. The highest BCUT2D eigenvalue weighted by molar-refractivity contribution is 7.92. The maximum Gasteiger partial charge on any atom is 0.240 e. The van der Waals surface area contributed by atoms with Crippen LogP contribution in [0.4, 0.5) is 14.5 Å². The number of anilines is 1. The minimum Gasteiger partial charge on any atom is -0.491 e. The molecule has 0 aliphatic carbocycles. The van der Waals surface area contributed by atoms with Crippen molar-refractivity contribution < 1.29 is 26.7 Å². The smallest absolute Gasteiger partial charge is 0.240 e. The average Bonchev–Trinajstić information content (AvgIpc) is 2.63. The third-order valence-corrected chi connectivity index (χ3v) is 5.22. The fourth-order valence-electron chi connectivity index (χ4n) is 2.69. The predicted molar refractivity (Wildman–Crippen MR) is 108 cm³/mol. The third kappa shape index (κ3) is 6.42. The topological polar surface area (TPSA) is 75.7 Å². The first-order chi connectivity index (χ1) is 13.6. The van der Waals surface area contributed by atoms with Crippen LogP contribution in [0.15, 0.2) is 42.5 Å². The van der Waals surface area contributed by atoms with Gasteiger partial charge in [-0.1, -0.05) is 32.0 Å². The summed E-state index contributed by atoms with van der Waals surface area (Å²) in [5, 5.41) is 2.54. The minimum atomic E-state index is -3.96. The molecule has 6 nitrogen and oxygen atoms in total. The molecule has 29 heavy (non-hydrogen) atoms. The first-order valence-electron chi connectivity index (χ1n) is 9.00. The number of hydrogen-bond donors (Lipinski definition) is 1. The highest BCUT2D eigenvalue weighted by Gasteiger charge is 2.23. The number of nitrogens with one attached hydrogen (secondary N) is 1. The van der Waals surface area contributed by atoms with Crippen molar-refractivity contribution in [3.63, 3.8) is 0 Å². The zero-order valence-corrected chi connectivity index (χ0v) is 17.3. The van der Waals surface area contributed by atoms with Crippen molar-refractivity contribution in [2.75, 3.05) is 30.3 Å². The summed E-state index contributed by atoms with van der Waals surface area (Å²) in [5.74, 6) is -1.57. The Morgan fingerprint density at radius 1 is 1.17 bits per heavy atom. The fraction of sp³-hybridized carbons (Fsp3) is 0.350. The lowest BCUT2D eigenvalue weighted by Gasteiger charge is -2.22. The lowest BCUT2D eigenvalue weighted by Crippen LogP contribution is -2.41. The van der Waals surface area contributed by atoms with Crippen LogP contribution in [-0.2, 0) is 14.8 Å². The second-order valence-electron chi connectivity index (χ2n) is 6.76. The molecule has 0 bridgehead atoms. The van der Waals surface area contributed by atoms with Crippen molar-refractivity contribution in [1.29, 1.82) is 0 Å². The zero-order chi connectivity index (χ0) is 21.6. The fourth-order valence-corrected chi connectivity index (χ4v) is 3.55. The van der Waals surface area contributed by atoms with E-state index in [2.05, 4.69) is 5.32 Å². The van der Waals surface area contributed by atoms with E-state index < -0.39 is 39.8 Å². The summed E-state index contributed by atoms with van der Waals surface area (Å²) >= 11 is 0. The number of amides is 1. The highest BCUT2D eigenvalue weighted by atomic mass is 32.2. The molecule has 0 saturated carbocycles. The lowest BCUT2D eigenvalue weighted by atomic mass is 10.0. The molecule has 0 unspecified atom stereocenters. The normalized spacial score (nSPS) is 11.4. The SMILES string of the molecule is CC(C)c1ccccc1OCCNC(=O)CN(c1ccc(F)cc1F)S(C)(=O)=O. The summed E-state index contributed by atoms with van der Waals surface area (Å²) in [7, 11) is -3.96. The second kappa shape index (κ2) is 9.69. The van der Waals surface area contributed by atoms with E-state index in [9.17, 15) is 22.0 Å². The van der Waals surface area contributed by atoms with Gasteiger partial charge in [-0.05, 0) is 29.7 Å². The number of rotatable bonds is 9. The number of nitrogens with zero attached hydrogens (tertiary/aromatic N) is 1. The minimum absolute atomic E-state index is 0.134. The van der Waals surface area contributed by atoms with Gasteiger partial charge in [0.05, 0.1) is 18.5 Å². The molecule has 158 valence electrons. The number of hydrogen-bond acceptors (Lipinski definition) is 4. The van der Waals surface area contributed by atoms with Crippen LogP contribution in [-0.4, -0.2) is 40.3 Å². The molecule has 0 aliphatic rings. The number of sulfonamides is 1. The van der Waals surface area contributed by atoms with E-state index in [0.717, 1.165) is 24.0 Å². The first kappa shape index (κ1) is 22.6. The standard InChI is InChI=1S/C20H24F2N2O4S/c1-14(2)16-6-4-5-7-19(16)28-11-10-23-20(25)13-24(29(3,26)27)18-9-8-15(21)12-17(18)22/h4-9,12,14H,10-11,13H2,1-3H3,(H,23,25). The Labute approximate surface area is 169 Å². The van der Waals surface area contributed by atoms with E-state index in [-0.39, 0.29) is 19.1 Å². The summed E-state index contributed by atoms with van der Waals surface area (Å²) in [6, 6.07) is 10.0. The summed E-state index contributed by atoms with van der Waals surface area (Å²) in [6.45, 7) is 3.76. The van der Waals surface area contributed by atoms with E-state index >= 15 is 0 Å². The van der Waals surface area contributed by atoms with Gasteiger partial charge in [-0.15, -0.1) is 0 Å². The van der Waals surface area contributed by atoms with Gasteiger partial charge in [0, 0.05) is 6.07 Å². The largest absolute Gasteiger partial charge is 0.491 e. The first-order valence-corrected chi connectivity index (χ1v) is 10.9. The zero-order valence-electron chi connectivity index (χ0n) is 16.5. The Balaban J connectivity index is 1.96. The van der Waals surface area contributed by atoms with Crippen LogP contribution in [0.1, 0.15) is 25.3 Å². The summed E-state index contributed by atoms with van der Waals surface area (Å²) in [5.41, 5.74) is 0.639. The average molecular weight is 426 g/mol. The van der Waals surface area contributed by atoms with Gasteiger partial charge in [-0.3, -0.25) is 9.10 Å². The molecule has 2 rings (SSSR count). The van der Waals surface area contributed by atoms with Gasteiger partial charge in [0.1, 0.15) is 30.5 Å². The highest BCUT2D eigenvalue weighted by Crippen LogP contribution is 2.25. The predicted octanol–water partition coefficient (Wildman–Crippen LogP) is 3.05. The quantitative estimate of drug-likeness (QED) is 0.626. The molecular formula is C20H24F2N2O4S. The van der Waals surface area contributed by atoms with Crippen molar-refractivity contribution in [3.8, 4) is 5.75 Å². The van der Waals surface area contributed by atoms with E-state index in [1.54, 1.807) is 0 Å². The molecule has 1 N–H and O–H groups in total. The molecule has 0 spiro atoms. The van der Waals surface area contributed by atoms with Crippen LogP contribution in [0.25, 0.3) is 0 Å². The molecule has 0 fully saturated rings. The second-order valence-corrected chi connectivity index (χ2v) is 8.66. The molecule has 0 heterocycles. The summed E-state index contributed by atoms with van der Waals surface area (Å²) < 4.78 is 57.3. The van der Waals surface area contributed by atoms with E-state index in [1.165, 1.54) is 0 Å². The van der Waals surface area contributed by atoms with Gasteiger partial charge in [0.2, 0.25) is 15.9 Å². The molecule has 1 amide bonds. The third-order valence-electron chi connectivity index (χ3n) is 4.09. The summed E-state index contributed by atoms with van der Waals surface area (Å²) in [4.78, 5) is 12.2. The Bertz CT molecular complexity index is 965. The summed E-state index contributed by atoms with van der Waals surface area (Å²) in [6.07, 6.45) is 0.842. The van der Waals surface area contributed by atoms with E-state index in [0.29, 0.717) is 16.1 Å². The van der Waals surface area contributed by atoms with Crippen molar-refractivity contribution in [2.24, 2.45) is 0 Å². The van der Waals surface area contributed by atoms with Gasteiger partial charge in [0.15, 0.2) is 0 Å². The molecule has 0 aromatic heterocycles. The molecule has 0 saturated heterocycles. The van der Waals surface area contributed by atoms with Gasteiger partial charge < -0.3 is 10.1 Å². The maximum absolute atomic E-state index is 14.0. The lowest BCUT2D eigenvalue weighted by molar-refractivity contribution is -0.119. The van der Waals surface area contributed by atoms with Crippen LogP contribution in [0, 0.1) is 11.6 Å². The van der Waals surface area contributed by atoms with Gasteiger partial charge >= 0.3 is 0 Å². The molecule has 0 atom stereocenters. The Hall–Kier alpha value is -2.68. The van der Waals surface area contributed by atoms with Crippen LogP contribution < -0.4 is 14.4 Å². The molecule has 2 aromatic carbocycles. The molecule has 0 aliphatic heterocycles. The maximum atomic E-state index is 14.0. The van der Waals surface area contributed by atoms with Crippen molar-refractivity contribution in [3.05, 3.63) is 59.7 Å². The van der Waals surface area contributed by atoms with Crippen LogP contribution in [0.3, 0.4) is 0 Å². The van der Waals surface area contributed by atoms with E-state index in [4.69, 9.17) is 4.74 Å². The Morgan fingerprint density at radius 2 is 1.86 bits per heavy atom. The Kier molecular flexibility index (Phi) is 7.55. The van der Waals surface area contributed by atoms with Crippen LogP contribution in [0.2, 0.25) is 0 Å². The van der Waals surface area contributed by atoms with Crippen molar-refractivity contribution >= 4 is 21.6 Å². The van der Waals surface area contributed by atoms with Crippen molar-refractivity contribution in [2.45, 2.75) is 19.8 Å². The number of halogens is 2. The van der Waals surface area contributed by atoms with E-state index in [1.807, 2.05) is 38.1 Å². The number of carbonyl (C=O) groups is 1. The number of carbonyl (C=O) groups excluding carboxylic acids is 1. The van der Waals surface area contributed by atoms with Crippen LogP contribution in [0.5, 0.6) is 5.75 Å². The number of benzene rings is 2. The Morgan fingerprint density at radius 3 is 2.48 bits per heavy atom. The number of ether oxygens (including phenoxy) is 1. The van der Waals surface area contributed by atoms with Gasteiger partial charge in [-0.25, -0.2) is 17.2 Å². The van der Waals surface area contributed by atoms with Gasteiger partial charge in [-0.2, -0.15) is 0 Å². The van der Waals surface area contributed by atoms with Gasteiger partial charge in [0.25, 0.3) is 0 Å². The molecular weight excluding hydrogens is 402 g/mol. The molecule has 0 radical (unpaired) electrons. The van der Waals surface area contributed by atoms with Crippen molar-refractivity contribution in [1.82, 2.24) is 5.32 Å².